The minimum absolute atomic E-state index is 0.287. The van der Waals surface area contributed by atoms with E-state index in [4.69, 9.17) is 4.74 Å². The lowest BCUT2D eigenvalue weighted by atomic mass is 9.63. The van der Waals surface area contributed by atoms with Gasteiger partial charge in [0.25, 0.3) is 0 Å². The van der Waals surface area contributed by atoms with Crippen LogP contribution in [0.5, 0.6) is 11.5 Å². The highest BCUT2D eigenvalue weighted by atomic mass is 19.2. The molecule has 0 heterocycles. The van der Waals surface area contributed by atoms with Gasteiger partial charge in [-0.2, -0.15) is 0 Å². The van der Waals surface area contributed by atoms with Gasteiger partial charge in [0, 0.05) is 12.1 Å². The summed E-state index contributed by atoms with van der Waals surface area (Å²) in [5.41, 5.74) is -1.12. The minimum Gasteiger partial charge on any atom is -0.494 e. The predicted octanol–water partition coefficient (Wildman–Crippen LogP) is 2.05. The predicted molar refractivity (Wildman–Crippen MR) is 70.8 cm³/mol. The molecule has 2 aromatic carbocycles. The van der Waals surface area contributed by atoms with Crippen LogP contribution in [0.1, 0.15) is 0 Å². The Morgan fingerprint density at radius 3 is 2.09 bits per heavy atom. The second kappa shape index (κ2) is 6.25. The van der Waals surface area contributed by atoms with Crippen LogP contribution in [0.25, 0.3) is 0 Å². The molecule has 0 saturated carbocycles. The molecule has 2 nitrogen and oxygen atoms in total. The molecule has 0 bridgehead atoms. The van der Waals surface area contributed by atoms with Crippen molar-refractivity contribution in [3.63, 3.8) is 0 Å². The summed E-state index contributed by atoms with van der Waals surface area (Å²) in [4.78, 5) is 0. The highest BCUT2D eigenvalue weighted by Crippen LogP contribution is 2.20. The first kappa shape index (κ1) is 16.1. The van der Waals surface area contributed by atoms with Crippen LogP contribution in [0, 0.1) is 29.1 Å². The van der Waals surface area contributed by atoms with Crippen LogP contribution in [-0.4, -0.2) is 21.5 Å². The molecule has 0 fully saturated rings. The molecule has 0 amide bonds. The normalized spacial score (nSPS) is 10.5. The van der Waals surface area contributed by atoms with E-state index < -0.39 is 46.0 Å². The fourth-order valence-electron chi connectivity index (χ4n) is 1.93. The van der Waals surface area contributed by atoms with Crippen molar-refractivity contribution < 1.29 is 31.4 Å². The van der Waals surface area contributed by atoms with Gasteiger partial charge in [0.05, 0.1) is 14.2 Å². The molecular formula is C14H9BF5O2. The van der Waals surface area contributed by atoms with Crippen LogP contribution in [0.15, 0.2) is 18.2 Å². The summed E-state index contributed by atoms with van der Waals surface area (Å²) in [6, 6.07) is 1.89. The fraction of sp³-hybridized carbons (Fsp3) is 0.143. The van der Waals surface area contributed by atoms with Gasteiger partial charge < -0.3 is 9.47 Å². The van der Waals surface area contributed by atoms with Crippen LogP contribution in [-0.2, 0) is 0 Å². The maximum atomic E-state index is 14.0. The quantitative estimate of drug-likeness (QED) is 0.488. The van der Waals surface area contributed by atoms with Crippen molar-refractivity contribution >= 4 is 18.2 Å². The van der Waals surface area contributed by atoms with E-state index >= 15 is 0 Å². The van der Waals surface area contributed by atoms with E-state index in [1.165, 1.54) is 0 Å². The van der Waals surface area contributed by atoms with E-state index in [-0.39, 0.29) is 5.46 Å². The Bertz CT molecular complexity index is 721. The molecular weight excluding hydrogens is 306 g/mol. The first-order chi connectivity index (χ1) is 10.4. The molecule has 0 N–H and O–H groups in total. The number of hydrogen-bond acceptors (Lipinski definition) is 2. The summed E-state index contributed by atoms with van der Waals surface area (Å²) in [5.74, 6) is -7.07. The minimum atomic E-state index is -1.51. The summed E-state index contributed by atoms with van der Waals surface area (Å²) in [6.45, 7) is 0. The molecule has 2 rings (SSSR count). The molecule has 8 heteroatoms. The molecule has 0 aliphatic heterocycles. The fourth-order valence-corrected chi connectivity index (χ4v) is 1.93. The molecule has 22 heavy (non-hydrogen) atoms. The first-order valence-electron chi connectivity index (χ1n) is 5.98. The van der Waals surface area contributed by atoms with E-state index in [0.29, 0.717) is 12.1 Å². The summed E-state index contributed by atoms with van der Waals surface area (Å²) in [6.07, 6.45) is 0. The number of hydrogen-bond donors (Lipinski definition) is 0. The van der Waals surface area contributed by atoms with Crippen LogP contribution in [0.3, 0.4) is 0 Å². The van der Waals surface area contributed by atoms with Gasteiger partial charge in [0.1, 0.15) is 11.6 Å². The molecule has 0 atom stereocenters. The van der Waals surface area contributed by atoms with E-state index in [9.17, 15) is 22.0 Å². The van der Waals surface area contributed by atoms with Gasteiger partial charge in [-0.3, -0.25) is 0 Å². The van der Waals surface area contributed by atoms with Crippen LogP contribution in [0.2, 0.25) is 0 Å². The number of methoxy groups -OCH3 is 2. The number of rotatable bonds is 4. The van der Waals surface area contributed by atoms with Crippen LogP contribution >= 0.6 is 0 Å². The van der Waals surface area contributed by atoms with Gasteiger partial charge in [-0.25, -0.2) is 22.0 Å². The van der Waals surface area contributed by atoms with Crippen molar-refractivity contribution in [2.45, 2.75) is 0 Å². The molecule has 0 aliphatic carbocycles. The zero-order valence-corrected chi connectivity index (χ0v) is 11.5. The van der Waals surface area contributed by atoms with Gasteiger partial charge >= 0.3 is 0 Å². The summed E-state index contributed by atoms with van der Waals surface area (Å²) in [7, 11) is 2.91. The average molecular weight is 315 g/mol. The zero-order valence-electron chi connectivity index (χ0n) is 11.5. The Morgan fingerprint density at radius 1 is 0.818 bits per heavy atom. The Balaban J connectivity index is 2.59. The topological polar surface area (TPSA) is 18.5 Å². The largest absolute Gasteiger partial charge is 0.494 e. The van der Waals surface area contributed by atoms with E-state index in [0.717, 1.165) is 27.6 Å². The third kappa shape index (κ3) is 2.86. The Morgan fingerprint density at radius 2 is 1.50 bits per heavy atom. The monoisotopic (exact) mass is 315 g/mol. The average Bonchev–Trinajstić information content (AvgIpc) is 2.47. The number of halogens is 5. The zero-order chi connectivity index (χ0) is 16.4. The maximum absolute atomic E-state index is 14.0. The molecule has 0 unspecified atom stereocenters. The second-order valence-corrected chi connectivity index (χ2v) is 4.26. The highest BCUT2D eigenvalue weighted by Gasteiger charge is 2.23. The molecule has 2 aromatic rings. The lowest BCUT2D eigenvalue weighted by Gasteiger charge is -2.12. The van der Waals surface area contributed by atoms with Crippen LogP contribution in [0.4, 0.5) is 22.0 Å². The Kier molecular flexibility index (Phi) is 4.58. The SMILES string of the molecule is COc1cc(F)c(F)c([B]c2cc(F)cc(F)c2OC)c1F. The summed E-state index contributed by atoms with van der Waals surface area (Å²) >= 11 is 0. The smallest absolute Gasteiger partial charge is 0.204 e. The van der Waals surface area contributed by atoms with Crippen molar-refractivity contribution in [1.82, 2.24) is 0 Å². The second-order valence-electron chi connectivity index (χ2n) is 4.26. The third-order valence-electron chi connectivity index (χ3n) is 2.92. The van der Waals surface area contributed by atoms with Gasteiger partial charge in [-0.15, -0.1) is 0 Å². The van der Waals surface area contributed by atoms with Gasteiger partial charge in [-0.1, -0.05) is 0 Å². The highest BCUT2D eigenvalue weighted by molar-refractivity contribution is 6.68. The van der Waals surface area contributed by atoms with Crippen molar-refractivity contribution in [2.75, 3.05) is 14.2 Å². The molecule has 0 aliphatic rings. The molecule has 0 saturated heterocycles. The number of ether oxygens (including phenoxy) is 2. The van der Waals surface area contributed by atoms with Crippen LogP contribution < -0.4 is 20.4 Å². The lowest BCUT2D eigenvalue weighted by molar-refractivity contribution is 0.379. The van der Waals surface area contributed by atoms with Gasteiger partial charge in [0.2, 0.25) is 7.28 Å². The van der Waals surface area contributed by atoms with Crippen molar-refractivity contribution in [3.05, 3.63) is 47.3 Å². The standard InChI is InChI=1S/C14H9BF5O2/c1-21-10-5-8(17)12(19)11(13(10)20)15-7-3-6(16)4-9(18)14(7)22-2/h3-5H,1-2H3. The summed E-state index contributed by atoms with van der Waals surface area (Å²) < 4.78 is 77.4. The van der Waals surface area contributed by atoms with E-state index in [2.05, 4.69) is 4.74 Å². The molecule has 1 radical (unpaired) electrons. The Labute approximate surface area is 123 Å². The van der Waals surface area contributed by atoms with Crippen molar-refractivity contribution in [2.24, 2.45) is 0 Å². The maximum Gasteiger partial charge on any atom is 0.204 e. The van der Waals surface area contributed by atoms with Crippen molar-refractivity contribution in [3.8, 4) is 11.5 Å². The van der Waals surface area contributed by atoms with Gasteiger partial charge in [0.15, 0.2) is 29.0 Å². The summed E-state index contributed by atoms with van der Waals surface area (Å²) in [5, 5.41) is 0. The Hall–Kier alpha value is -2.25. The molecule has 115 valence electrons. The molecule has 0 spiro atoms. The molecule has 0 aromatic heterocycles. The van der Waals surface area contributed by atoms with E-state index in [1.807, 2.05) is 0 Å². The number of benzene rings is 2. The van der Waals surface area contributed by atoms with Crippen molar-refractivity contribution in [1.29, 1.82) is 0 Å². The lowest BCUT2D eigenvalue weighted by Crippen LogP contribution is -2.35. The first-order valence-corrected chi connectivity index (χ1v) is 5.98. The van der Waals surface area contributed by atoms with E-state index in [1.54, 1.807) is 0 Å². The van der Waals surface area contributed by atoms with Gasteiger partial charge in [-0.05, 0) is 17.0 Å². The third-order valence-corrected chi connectivity index (χ3v) is 2.92.